The molecule has 0 fully saturated rings. The maximum absolute atomic E-state index is 11.5. The van der Waals surface area contributed by atoms with Crippen LogP contribution >= 0.6 is 0 Å². The van der Waals surface area contributed by atoms with E-state index in [1.807, 2.05) is 13.8 Å². The molecule has 0 aromatic carbocycles. The Bertz CT molecular complexity index is 212. The lowest BCUT2D eigenvalue weighted by Crippen LogP contribution is -2.47. The van der Waals surface area contributed by atoms with Crippen LogP contribution in [0.1, 0.15) is 60.3 Å². The lowest BCUT2D eigenvalue weighted by molar-refractivity contribution is -0.158. The molecule has 1 atom stereocenters. The predicted molar refractivity (Wildman–Crippen MR) is 67.1 cm³/mol. The van der Waals surface area contributed by atoms with Crippen LogP contribution in [0.15, 0.2) is 0 Å². The first-order chi connectivity index (χ1) is 7.29. The first-order valence-corrected chi connectivity index (χ1v) is 6.27. The molecular formula is C13H27NO2. The quantitative estimate of drug-likeness (QED) is 0.683. The molecule has 3 heteroatoms. The number of carbonyl (C=O) groups excluding carboxylic acids is 1. The summed E-state index contributed by atoms with van der Waals surface area (Å²) >= 11 is 0. The molecular weight excluding hydrogens is 202 g/mol. The maximum Gasteiger partial charge on any atom is 0.306 e. The van der Waals surface area contributed by atoms with Crippen LogP contribution in [0, 0.1) is 5.92 Å². The van der Waals surface area contributed by atoms with E-state index in [1.54, 1.807) is 0 Å². The zero-order valence-electron chi connectivity index (χ0n) is 11.4. The number of hydrogen-bond donors (Lipinski definition) is 1. The second-order valence-corrected chi connectivity index (χ2v) is 5.42. The number of ether oxygens (including phenoxy) is 1. The van der Waals surface area contributed by atoms with Crippen LogP contribution in [-0.4, -0.2) is 17.6 Å². The highest BCUT2D eigenvalue weighted by Gasteiger charge is 2.30. The van der Waals surface area contributed by atoms with Crippen molar-refractivity contribution < 1.29 is 9.53 Å². The van der Waals surface area contributed by atoms with E-state index >= 15 is 0 Å². The molecule has 0 aliphatic heterocycles. The molecule has 0 aliphatic rings. The highest BCUT2D eigenvalue weighted by Crippen LogP contribution is 2.20. The summed E-state index contributed by atoms with van der Waals surface area (Å²) in [5, 5.41) is 0. The van der Waals surface area contributed by atoms with Gasteiger partial charge in [0.25, 0.3) is 0 Å². The number of hydrogen-bond acceptors (Lipinski definition) is 3. The van der Waals surface area contributed by atoms with Gasteiger partial charge in [-0.3, -0.25) is 4.79 Å². The van der Waals surface area contributed by atoms with E-state index in [2.05, 4.69) is 20.8 Å². The van der Waals surface area contributed by atoms with Crippen molar-refractivity contribution in [2.45, 2.75) is 71.9 Å². The van der Waals surface area contributed by atoms with Gasteiger partial charge in [0, 0.05) is 12.5 Å². The molecule has 0 aliphatic carbocycles. The zero-order valence-corrected chi connectivity index (χ0v) is 11.4. The molecule has 0 aromatic rings. The summed E-state index contributed by atoms with van der Waals surface area (Å²) in [4.78, 5) is 11.5. The van der Waals surface area contributed by atoms with Gasteiger partial charge in [0.1, 0.15) is 5.60 Å². The Morgan fingerprint density at radius 1 is 1.38 bits per heavy atom. The normalized spacial score (nSPS) is 13.9. The number of nitrogens with two attached hydrogens (primary N) is 1. The van der Waals surface area contributed by atoms with Crippen molar-refractivity contribution in [3.8, 4) is 0 Å². The molecule has 0 amide bonds. The van der Waals surface area contributed by atoms with Gasteiger partial charge in [-0.2, -0.15) is 0 Å². The second kappa shape index (κ2) is 6.89. The molecule has 0 radical (unpaired) electrons. The van der Waals surface area contributed by atoms with Gasteiger partial charge < -0.3 is 10.5 Å². The third-order valence-electron chi connectivity index (χ3n) is 2.73. The van der Waals surface area contributed by atoms with E-state index in [9.17, 15) is 4.79 Å². The van der Waals surface area contributed by atoms with Gasteiger partial charge in [0.15, 0.2) is 0 Å². The fourth-order valence-electron chi connectivity index (χ4n) is 1.53. The Morgan fingerprint density at radius 3 is 2.38 bits per heavy atom. The SMILES string of the molecule is CCCCC(=O)OC(C)(C)C(N)CC(C)C. The summed E-state index contributed by atoms with van der Waals surface area (Å²) in [5.74, 6) is 0.384. The Kier molecular flexibility index (Phi) is 6.65. The van der Waals surface area contributed by atoms with E-state index in [4.69, 9.17) is 10.5 Å². The lowest BCUT2D eigenvalue weighted by atomic mass is 9.91. The van der Waals surface area contributed by atoms with Crippen LogP contribution in [0.25, 0.3) is 0 Å². The highest BCUT2D eigenvalue weighted by molar-refractivity contribution is 5.69. The van der Waals surface area contributed by atoms with Gasteiger partial charge in [-0.25, -0.2) is 0 Å². The van der Waals surface area contributed by atoms with Gasteiger partial charge in [0.2, 0.25) is 0 Å². The van der Waals surface area contributed by atoms with Crippen molar-refractivity contribution in [2.75, 3.05) is 0 Å². The monoisotopic (exact) mass is 229 g/mol. The Hall–Kier alpha value is -0.570. The first-order valence-electron chi connectivity index (χ1n) is 6.27. The zero-order chi connectivity index (χ0) is 12.8. The molecule has 0 saturated heterocycles. The molecule has 96 valence electrons. The molecule has 16 heavy (non-hydrogen) atoms. The third kappa shape index (κ3) is 6.11. The number of unbranched alkanes of at least 4 members (excludes halogenated alkanes) is 1. The predicted octanol–water partition coefficient (Wildman–Crippen LogP) is 2.87. The Morgan fingerprint density at radius 2 is 1.94 bits per heavy atom. The van der Waals surface area contributed by atoms with Crippen molar-refractivity contribution in [2.24, 2.45) is 11.7 Å². The summed E-state index contributed by atoms with van der Waals surface area (Å²) in [7, 11) is 0. The van der Waals surface area contributed by atoms with Crippen molar-refractivity contribution in [3.05, 3.63) is 0 Å². The molecule has 0 heterocycles. The minimum absolute atomic E-state index is 0.0990. The van der Waals surface area contributed by atoms with Gasteiger partial charge >= 0.3 is 5.97 Å². The lowest BCUT2D eigenvalue weighted by Gasteiger charge is -2.32. The van der Waals surface area contributed by atoms with Crippen LogP contribution in [-0.2, 0) is 9.53 Å². The largest absolute Gasteiger partial charge is 0.458 e. The number of esters is 1. The number of rotatable bonds is 7. The molecule has 0 bridgehead atoms. The smallest absolute Gasteiger partial charge is 0.306 e. The van der Waals surface area contributed by atoms with E-state index < -0.39 is 5.60 Å². The summed E-state index contributed by atoms with van der Waals surface area (Å²) in [6, 6.07) is -0.0990. The highest BCUT2D eigenvalue weighted by atomic mass is 16.6. The average Bonchev–Trinajstić information content (AvgIpc) is 2.12. The van der Waals surface area contributed by atoms with Crippen LogP contribution < -0.4 is 5.73 Å². The van der Waals surface area contributed by atoms with E-state index in [1.165, 1.54) is 0 Å². The minimum atomic E-state index is -0.560. The van der Waals surface area contributed by atoms with Crippen LogP contribution in [0.5, 0.6) is 0 Å². The fourth-order valence-corrected chi connectivity index (χ4v) is 1.53. The molecule has 0 spiro atoms. The Balaban J connectivity index is 4.16. The summed E-state index contributed by atoms with van der Waals surface area (Å²) in [6.45, 7) is 10.1. The standard InChI is InChI=1S/C13H27NO2/c1-6-7-8-12(15)16-13(4,5)11(14)9-10(2)3/h10-11H,6-9,14H2,1-5H3. The summed E-state index contributed by atoms with van der Waals surface area (Å²) in [6.07, 6.45) is 3.25. The topological polar surface area (TPSA) is 52.3 Å². The summed E-state index contributed by atoms with van der Waals surface area (Å²) in [5.41, 5.74) is 5.49. The van der Waals surface area contributed by atoms with E-state index in [0.717, 1.165) is 19.3 Å². The van der Waals surface area contributed by atoms with Gasteiger partial charge in [-0.1, -0.05) is 27.2 Å². The van der Waals surface area contributed by atoms with Gasteiger partial charge in [-0.05, 0) is 32.6 Å². The second-order valence-electron chi connectivity index (χ2n) is 5.42. The van der Waals surface area contributed by atoms with Crippen LogP contribution in [0.3, 0.4) is 0 Å². The van der Waals surface area contributed by atoms with Crippen molar-refractivity contribution in [1.82, 2.24) is 0 Å². The number of carbonyl (C=O) groups is 1. The molecule has 1 unspecified atom stereocenters. The first kappa shape index (κ1) is 15.4. The molecule has 3 nitrogen and oxygen atoms in total. The van der Waals surface area contributed by atoms with Crippen molar-refractivity contribution in [1.29, 1.82) is 0 Å². The van der Waals surface area contributed by atoms with E-state index in [0.29, 0.717) is 12.3 Å². The average molecular weight is 229 g/mol. The van der Waals surface area contributed by atoms with E-state index in [-0.39, 0.29) is 12.0 Å². The maximum atomic E-state index is 11.5. The van der Waals surface area contributed by atoms with Crippen molar-refractivity contribution in [3.63, 3.8) is 0 Å². The van der Waals surface area contributed by atoms with Gasteiger partial charge in [-0.15, -0.1) is 0 Å². The Labute approximate surface area is 99.7 Å². The van der Waals surface area contributed by atoms with Crippen LogP contribution in [0.4, 0.5) is 0 Å². The third-order valence-corrected chi connectivity index (χ3v) is 2.73. The molecule has 0 saturated carbocycles. The van der Waals surface area contributed by atoms with Crippen LogP contribution in [0.2, 0.25) is 0 Å². The fraction of sp³-hybridized carbons (Fsp3) is 0.923. The minimum Gasteiger partial charge on any atom is -0.458 e. The molecule has 0 aromatic heterocycles. The van der Waals surface area contributed by atoms with Crippen molar-refractivity contribution >= 4 is 5.97 Å². The molecule has 0 rings (SSSR count). The summed E-state index contributed by atoms with van der Waals surface area (Å²) < 4.78 is 5.44. The molecule has 2 N–H and O–H groups in total. The van der Waals surface area contributed by atoms with Gasteiger partial charge in [0.05, 0.1) is 0 Å².